The molecule has 0 spiro atoms. The topological polar surface area (TPSA) is 86.9 Å². The summed E-state index contributed by atoms with van der Waals surface area (Å²) in [5.41, 5.74) is 3.03. The van der Waals surface area contributed by atoms with Crippen LogP contribution in [0.2, 0.25) is 0 Å². The van der Waals surface area contributed by atoms with Crippen LogP contribution in [0.1, 0.15) is 16.2 Å². The van der Waals surface area contributed by atoms with Crippen LogP contribution < -0.4 is 10.1 Å². The highest BCUT2D eigenvalue weighted by atomic mass is 79.9. The number of para-hydroxylation sites is 2. The lowest BCUT2D eigenvalue weighted by Gasteiger charge is -2.10. The molecule has 0 radical (unpaired) electrons. The van der Waals surface area contributed by atoms with Crippen molar-refractivity contribution in [1.82, 2.24) is 24.8 Å². The van der Waals surface area contributed by atoms with Crippen LogP contribution in [0, 0.1) is 6.92 Å². The molecule has 0 unspecified atom stereocenters. The highest BCUT2D eigenvalue weighted by Crippen LogP contribution is 2.22. The van der Waals surface area contributed by atoms with Crippen molar-refractivity contribution in [3.63, 3.8) is 0 Å². The standard InChI is InChI=1S/C20H17BrN6O2/c1-13-19(24-25-27(13)15-7-9-16(29-2)10-8-15)20(28)23-17-5-3-4-6-18(17)26-12-14(21)11-22-26/h3-12H,1-2H3,(H,23,28). The quantitative estimate of drug-likeness (QED) is 0.497. The molecule has 4 aromatic rings. The van der Waals surface area contributed by atoms with Gasteiger partial charge in [-0.1, -0.05) is 17.3 Å². The van der Waals surface area contributed by atoms with Gasteiger partial charge < -0.3 is 10.1 Å². The minimum Gasteiger partial charge on any atom is -0.497 e. The molecule has 29 heavy (non-hydrogen) atoms. The zero-order valence-corrected chi connectivity index (χ0v) is 17.3. The van der Waals surface area contributed by atoms with E-state index in [0.29, 0.717) is 11.4 Å². The Hall–Kier alpha value is -3.46. The van der Waals surface area contributed by atoms with Crippen molar-refractivity contribution in [2.45, 2.75) is 6.92 Å². The van der Waals surface area contributed by atoms with Gasteiger partial charge in [0, 0.05) is 6.20 Å². The van der Waals surface area contributed by atoms with Crippen molar-refractivity contribution < 1.29 is 9.53 Å². The number of methoxy groups -OCH3 is 1. The Bertz CT molecular complexity index is 1170. The van der Waals surface area contributed by atoms with E-state index in [-0.39, 0.29) is 11.6 Å². The van der Waals surface area contributed by atoms with Crippen LogP contribution in [0.25, 0.3) is 11.4 Å². The minimum atomic E-state index is -0.346. The van der Waals surface area contributed by atoms with Crippen LogP contribution in [0.5, 0.6) is 5.75 Å². The first-order chi connectivity index (χ1) is 14.1. The van der Waals surface area contributed by atoms with E-state index in [9.17, 15) is 4.79 Å². The molecule has 2 heterocycles. The Morgan fingerprint density at radius 3 is 2.59 bits per heavy atom. The van der Waals surface area contributed by atoms with E-state index in [0.717, 1.165) is 21.6 Å². The predicted molar refractivity (Wildman–Crippen MR) is 112 cm³/mol. The van der Waals surface area contributed by atoms with Crippen LogP contribution in [0.4, 0.5) is 5.69 Å². The number of halogens is 1. The largest absolute Gasteiger partial charge is 0.497 e. The number of aromatic nitrogens is 5. The smallest absolute Gasteiger partial charge is 0.278 e. The van der Waals surface area contributed by atoms with Crippen molar-refractivity contribution in [2.75, 3.05) is 12.4 Å². The molecule has 4 rings (SSSR count). The van der Waals surface area contributed by atoms with Crippen LogP contribution in [0.3, 0.4) is 0 Å². The summed E-state index contributed by atoms with van der Waals surface area (Å²) in [4.78, 5) is 12.9. The van der Waals surface area contributed by atoms with Crippen molar-refractivity contribution >= 4 is 27.5 Å². The maximum atomic E-state index is 12.9. The molecule has 0 atom stereocenters. The van der Waals surface area contributed by atoms with Gasteiger partial charge in [-0.3, -0.25) is 4.79 Å². The summed E-state index contributed by atoms with van der Waals surface area (Å²) < 4.78 is 9.32. The average molecular weight is 453 g/mol. The monoisotopic (exact) mass is 452 g/mol. The maximum Gasteiger partial charge on any atom is 0.278 e. The number of benzene rings is 2. The number of anilines is 1. The first kappa shape index (κ1) is 18.9. The second-order valence-corrected chi connectivity index (χ2v) is 7.12. The maximum absolute atomic E-state index is 12.9. The van der Waals surface area contributed by atoms with Gasteiger partial charge in [-0.05, 0) is 59.3 Å². The number of carbonyl (C=O) groups excluding carboxylic acids is 1. The Morgan fingerprint density at radius 2 is 1.90 bits per heavy atom. The molecule has 0 saturated heterocycles. The van der Waals surface area contributed by atoms with E-state index >= 15 is 0 Å². The van der Waals surface area contributed by atoms with Crippen molar-refractivity contribution in [2.24, 2.45) is 0 Å². The molecule has 146 valence electrons. The van der Waals surface area contributed by atoms with Gasteiger partial charge in [0.15, 0.2) is 5.69 Å². The van der Waals surface area contributed by atoms with Crippen LogP contribution in [-0.4, -0.2) is 37.8 Å². The Balaban J connectivity index is 1.61. The summed E-state index contributed by atoms with van der Waals surface area (Å²) >= 11 is 3.39. The molecule has 2 aromatic heterocycles. The summed E-state index contributed by atoms with van der Waals surface area (Å²) in [6.07, 6.45) is 3.50. The molecule has 0 bridgehead atoms. The fraction of sp³-hybridized carbons (Fsp3) is 0.100. The SMILES string of the molecule is COc1ccc(-n2nnc(C(=O)Nc3ccccc3-n3cc(Br)cn3)c2C)cc1. The van der Waals surface area contributed by atoms with Crippen LogP contribution in [-0.2, 0) is 0 Å². The van der Waals surface area contributed by atoms with E-state index in [1.165, 1.54) is 0 Å². The van der Waals surface area contributed by atoms with Gasteiger partial charge in [0.05, 0.1) is 40.5 Å². The molecule has 0 aliphatic heterocycles. The van der Waals surface area contributed by atoms with Gasteiger partial charge in [0.25, 0.3) is 5.91 Å². The number of carbonyl (C=O) groups is 1. The predicted octanol–water partition coefficient (Wildman–Crippen LogP) is 3.78. The fourth-order valence-electron chi connectivity index (χ4n) is 2.90. The summed E-state index contributed by atoms with van der Waals surface area (Å²) in [6.45, 7) is 1.80. The molecule has 9 heteroatoms. The normalized spacial score (nSPS) is 10.7. The third-order valence-corrected chi connectivity index (χ3v) is 4.79. The highest BCUT2D eigenvalue weighted by Gasteiger charge is 2.19. The van der Waals surface area contributed by atoms with Crippen LogP contribution in [0.15, 0.2) is 65.4 Å². The Labute approximate surface area is 175 Å². The number of rotatable bonds is 5. The molecule has 1 amide bonds. The molecule has 0 saturated carbocycles. The Morgan fingerprint density at radius 1 is 1.14 bits per heavy atom. The Kier molecular flexibility index (Phi) is 5.13. The lowest BCUT2D eigenvalue weighted by atomic mass is 10.2. The molecular weight excluding hydrogens is 436 g/mol. The minimum absolute atomic E-state index is 0.247. The van der Waals surface area contributed by atoms with E-state index in [2.05, 4.69) is 36.7 Å². The second kappa shape index (κ2) is 7.88. The third kappa shape index (κ3) is 3.77. The van der Waals surface area contributed by atoms with Crippen molar-refractivity contribution in [1.29, 1.82) is 0 Å². The number of hydrogen-bond acceptors (Lipinski definition) is 5. The molecule has 2 aromatic carbocycles. The zero-order chi connectivity index (χ0) is 20.4. The number of nitrogens with one attached hydrogen (secondary N) is 1. The van der Waals surface area contributed by atoms with E-state index in [4.69, 9.17) is 4.74 Å². The molecule has 0 aliphatic rings. The molecule has 1 N–H and O–H groups in total. The lowest BCUT2D eigenvalue weighted by molar-refractivity contribution is 0.102. The molecular formula is C20H17BrN6O2. The number of amides is 1. The molecule has 8 nitrogen and oxygen atoms in total. The van der Waals surface area contributed by atoms with Gasteiger partial charge in [-0.2, -0.15) is 5.10 Å². The fourth-order valence-corrected chi connectivity index (χ4v) is 3.19. The van der Waals surface area contributed by atoms with Gasteiger partial charge in [-0.25, -0.2) is 9.36 Å². The van der Waals surface area contributed by atoms with E-state index < -0.39 is 0 Å². The van der Waals surface area contributed by atoms with E-state index in [1.807, 2.05) is 54.7 Å². The van der Waals surface area contributed by atoms with Crippen molar-refractivity contribution in [3.05, 3.63) is 76.8 Å². The summed E-state index contributed by atoms with van der Waals surface area (Å²) in [5.74, 6) is 0.396. The van der Waals surface area contributed by atoms with Crippen LogP contribution >= 0.6 is 15.9 Å². The van der Waals surface area contributed by atoms with E-state index in [1.54, 1.807) is 29.6 Å². The third-order valence-electron chi connectivity index (χ3n) is 4.38. The highest BCUT2D eigenvalue weighted by molar-refractivity contribution is 9.10. The first-order valence-electron chi connectivity index (χ1n) is 8.74. The second-order valence-electron chi connectivity index (χ2n) is 6.21. The summed E-state index contributed by atoms with van der Waals surface area (Å²) in [5, 5.41) is 15.4. The lowest BCUT2D eigenvalue weighted by Crippen LogP contribution is -2.16. The van der Waals surface area contributed by atoms with Gasteiger partial charge in [0.1, 0.15) is 5.75 Å². The summed E-state index contributed by atoms with van der Waals surface area (Å²) in [6, 6.07) is 14.8. The number of ether oxygens (including phenoxy) is 1. The number of hydrogen-bond donors (Lipinski definition) is 1. The van der Waals surface area contributed by atoms with Crippen molar-refractivity contribution in [3.8, 4) is 17.1 Å². The first-order valence-corrected chi connectivity index (χ1v) is 9.54. The van der Waals surface area contributed by atoms with Gasteiger partial charge in [-0.15, -0.1) is 5.10 Å². The average Bonchev–Trinajstić information content (AvgIpc) is 3.34. The van der Waals surface area contributed by atoms with Gasteiger partial charge in [0.2, 0.25) is 0 Å². The summed E-state index contributed by atoms with van der Waals surface area (Å²) in [7, 11) is 1.61. The molecule has 0 fully saturated rings. The molecule has 0 aliphatic carbocycles. The number of nitrogens with zero attached hydrogens (tertiary/aromatic N) is 5. The zero-order valence-electron chi connectivity index (χ0n) is 15.7. The van der Waals surface area contributed by atoms with Gasteiger partial charge >= 0.3 is 0 Å².